The molecule has 0 radical (unpaired) electrons. The number of anilines is 8. The first-order valence-electron chi connectivity index (χ1n) is 20.5. The Morgan fingerprint density at radius 1 is 0.529 bits per heavy atom. The van der Waals surface area contributed by atoms with E-state index in [9.17, 15) is 73.4 Å². The van der Waals surface area contributed by atoms with E-state index in [1.54, 1.807) is 0 Å². The molecule has 2 aromatic heterocycles. The monoisotopic (exact) mass is 1070 g/mol. The Balaban J connectivity index is 1.71. The van der Waals surface area contributed by atoms with Crippen molar-refractivity contribution in [3.8, 4) is 0 Å². The maximum absolute atomic E-state index is 12.7. The Kier molecular flexibility index (Phi) is 20.8. The second kappa shape index (κ2) is 25.5. The predicted octanol–water partition coefficient (Wildman–Crippen LogP) is -2.11. The van der Waals surface area contributed by atoms with E-state index < -0.39 is 100 Å². The molecule has 2 atom stereocenters. The van der Waals surface area contributed by atoms with Gasteiger partial charge in [0, 0.05) is 57.3 Å². The van der Waals surface area contributed by atoms with Gasteiger partial charge in [0.2, 0.25) is 35.7 Å². The molecule has 0 aliphatic carbocycles. The van der Waals surface area contributed by atoms with E-state index >= 15 is 0 Å². The number of nitrogens with zero attached hydrogens (tertiary/aromatic N) is 8. The Morgan fingerprint density at radius 3 is 1.36 bits per heavy atom. The van der Waals surface area contributed by atoms with Crippen LogP contribution in [0.3, 0.4) is 0 Å². The number of aliphatic hydroxyl groups excluding tert-OH is 6. The van der Waals surface area contributed by atoms with Crippen LogP contribution in [-0.4, -0.2) is 202 Å². The second-order valence-electron chi connectivity index (χ2n) is 14.7. The van der Waals surface area contributed by atoms with Gasteiger partial charge in [-0.3, -0.25) is 18.2 Å². The Hall–Kier alpha value is -5.60. The maximum Gasteiger partial charge on any atom is 0.295 e. The first-order valence-corrected chi connectivity index (χ1v) is 26.6. The molecule has 0 aliphatic rings. The van der Waals surface area contributed by atoms with Crippen molar-refractivity contribution in [2.45, 2.75) is 34.8 Å². The van der Waals surface area contributed by atoms with E-state index in [1.807, 2.05) is 0 Å². The molecule has 2 heterocycles. The van der Waals surface area contributed by atoms with Gasteiger partial charge in [0.25, 0.3) is 40.5 Å². The van der Waals surface area contributed by atoms with Gasteiger partial charge in [0.1, 0.15) is 9.79 Å². The fraction of sp³-hybridized carbons (Fsp3) is 0.444. The summed E-state index contributed by atoms with van der Waals surface area (Å²) < 4.78 is 135. The average molecular weight is 1070 g/mol. The van der Waals surface area contributed by atoms with E-state index in [0.717, 1.165) is 24.3 Å². The summed E-state index contributed by atoms with van der Waals surface area (Å²) in [5.41, 5.74) is -0.559. The van der Waals surface area contributed by atoms with Crippen LogP contribution >= 0.6 is 0 Å². The first kappa shape index (κ1) is 57.0. The highest BCUT2D eigenvalue weighted by molar-refractivity contribution is 7.86. The van der Waals surface area contributed by atoms with Crippen molar-refractivity contribution in [1.29, 1.82) is 0 Å². The second-order valence-corrected chi connectivity index (χ2v) is 20.6. The molecule has 70 heavy (non-hydrogen) atoms. The molecule has 4 aromatic rings. The van der Waals surface area contributed by atoms with Crippen LogP contribution in [-0.2, 0) is 40.5 Å². The van der Waals surface area contributed by atoms with E-state index in [1.165, 1.54) is 34.1 Å². The Labute approximate surface area is 401 Å². The lowest BCUT2D eigenvalue weighted by molar-refractivity contribution is 0.0895. The van der Waals surface area contributed by atoms with Gasteiger partial charge in [-0.15, -0.1) is 0 Å². The average Bonchev–Trinajstić information content (AvgIpc) is 3.25. The molecule has 2 unspecified atom stereocenters. The highest BCUT2D eigenvalue weighted by atomic mass is 32.2. The minimum absolute atomic E-state index is 0.00401. The normalized spacial score (nSPS) is 13.2. The van der Waals surface area contributed by atoms with Crippen molar-refractivity contribution in [2.24, 2.45) is 0 Å². The summed E-state index contributed by atoms with van der Waals surface area (Å²) in [7, 11) is -19.0. The van der Waals surface area contributed by atoms with Crippen LogP contribution in [0.5, 0.6) is 0 Å². The zero-order chi connectivity index (χ0) is 51.9. The first-order chi connectivity index (χ1) is 32.8. The molecule has 2 aromatic carbocycles. The molecular formula is C36H52N12O18S4. The molecule has 14 N–H and O–H groups in total. The van der Waals surface area contributed by atoms with Crippen LogP contribution in [0.2, 0.25) is 0 Å². The molecule has 34 heteroatoms. The zero-order valence-electron chi connectivity index (χ0n) is 36.6. The molecule has 4 rings (SSSR count). The van der Waals surface area contributed by atoms with Crippen molar-refractivity contribution in [2.75, 3.05) is 108 Å². The van der Waals surface area contributed by atoms with Crippen LogP contribution < -0.4 is 31.1 Å². The lowest BCUT2D eigenvalue weighted by Crippen LogP contribution is -2.36. The number of hydrogen-bond donors (Lipinski definition) is 14. The molecule has 0 spiro atoms. The molecule has 0 saturated heterocycles. The van der Waals surface area contributed by atoms with E-state index in [-0.39, 0.29) is 110 Å². The Morgan fingerprint density at radius 2 is 0.957 bits per heavy atom. The lowest BCUT2D eigenvalue weighted by atomic mass is 10.1. The lowest BCUT2D eigenvalue weighted by Gasteiger charge is -2.25. The summed E-state index contributed by atoms with van der Waals surface area (Å²) >= 11 is 0. The van der Waals surface area contributed by atoms with E-state index in [2.05, 4.69) is 51.2 Å². The van der Waals surface area contributed by atoms with Gasteiger partial charge in [-0.2, -0.15) is 63.6 Å². The van der Waals surface area contributed by atoms with Crippen LogP contribution in [0.1, 0.15) is 24.0 Å². The van der Waals surface area contributed by atoms with Crippen molar-refractivity contribution >= 4 is 99.7 Å². The minimum atomic E-state index is -5.06. The van der Waals surface area contributed by atoms with Gasteiger partial charge in [-0.1, -0.05) is 24.3 Å². The standard InChI is InChI=1S/C36H52N12O18S4/c49-14-8-27(53)21-48(13-16-51)36-44-32(38-10-18-68(58,59)60)42-34(46-36)40-26-6-4-24(30(20-26)70(64,65)66)2-1-23-3-5-25(19-29(23)69(61,62)63)39-33-41-31(37-9-17-67(55,56)57)43-35(45-33)47(12-15-50)11-7-28(54)22-52/h1-6,19-20,27-28,49-54H,7-18,21-22H2,(H,55,56,57)(H,58,59,60)(H,61,62,63)(H,64,65,66)(H2,37,39,41,43,45)(H2,38,40,42,44,46). The predicted molar refractivity (Wildman–Crippen MR) is 251 cm³/mol. The van der Waals surface area contributed by atoms with Crippen LogP contribution in [0, 0.1) is 0 Å². The molecule has 0 aliphatic heterocycles. The largest absolute Gasteiger partial charge is 0.396 e. The SMILES string of the molecule is O=S(=O)(O)CCNc1nc(Nc2ccc(C=Cc3ccc(Nc4nc(NCCS(=O)(=O)O)nc(N(CCO)CC(O)CCO)n4)cc3S(=O)(=O)O)c(S(=O)(=O)O)c2)nc(N(CCO)CCC(O)CO)n1. The summed E-state index contributed by atoms with van der Waals surface area (Å²) in [6.07, 6.45) is -0.132. The molecule has 0 bridgehead atoms. The van der Waals surface area contributed by atoms with Gasteiger partial charge < -0.3 is 61.7 Å². The van der Waals surface area contributed by atoms with Crippen molar-refractivity contribution in [3.63, 3.8) is 0 Å². The van der Waals surface area contributed by atoms with Gasteiger partial charge in [-0.25, -0.2) is 0 Å². The van der Waals surface area contributed by atoms with Gasteiger partial charge >= 0.3 is 0 Å². The summed E-state index contributed by atoms with van der Waals surface area (Å²) in [6.45, 7) is -3.04. The quantitative estimate of drug-likeness (QED) is 0.0196. The number of benzene rings is 2. The molecule has 0 saturated carbocycles. The Bertz CT molecular complexity index is 2890. The fourth-order valence-electron chi connectivity index (χ4n) is 5.97. The fourth-order valence-corrected chi connectivity index (χ4v) is 8.11. The summed E-state index contributed by atoms with van der Waals surface area (Å²) in [4.78, 5) is 26.4. The van der Waals surface area contributed by atoms with Crippen LogP contribution in [0.25, 0.3) is 12.2 Å². The van der Waals surface area contributed by atoms with Gasteiger partial charge in [0.05, 0.1) is 43.5 Å². The van der Waals surface area contributed by atoms with Crippen LogP contribution in [0.15, 0.2) is 46.2 Å². The summed E-state index contributed by atoms with van der Waals surface area (Å²) in [5, 5.41) is 68.8. The van der Waals surface area contributed by atoms with E-state index in [0.29, 0.717) is 0 Å². The summed E-state index contributed by atoms with van der Waals surface area (Å²) in [6, 6.07) is 6.87. The number of rotatable bonds is 30. The zero-order valence-corrected chi connectivity index (χ0v) is 39.9. The smallest absolute Gasteiger partial charge is 0.295 e. The van der Waals surface area contributed by atoms with Crippen LogP contribution in [0.4, 0.5) is 47.1 Å². The third-order valence-corrected chi connectivity index (χ3v) is 12.5. The van der Waals surface area contributed by atoms with Gasteiger partial charge in [-0.05, 0) is 48.2 Å². The molecule has 388 valence electrons. The van der Waals surface area contributed by atoms with Crippen molar-refractivity contribution in [3.05, 3.63) is 47.5 Å². The topological polar surface area (TPSA) is 471 Å². The molecule has 0 fully saturated rings. The number of aromatic nitrogens is 6. The minimum Gasteiger partial charge on any atom is -0.396 e. The molecular weight excluding hydrogens is 1020 g/mol. The maximum atomic E-state index is 12.7. The third kappa shape index (κ3) is 19.0. The van der Waals surface area contributed by atoms with Gasteiger partial charge in [0.15, 0.2) is 0 Å². The summed E-state index contributed by atoms with van der Waals surface area (Å²) in [5.74, 6) is -2.97. The van der Waals surface area contributed by atoms with Crippen molar-refractivity contribution < 1.29 is 82.5 Å². The van der Waals surface area contributed by atoms with E-state index in [4.69, 9.17) is 9.11 Å². The van der Waals surface area contributed by atoms with Crippen molar-refractivity contribution in [1.82, 2.24) is 29.9 Å². The highest BCUT2D eigenvalue weighted by Gasteiger charge is 2.22. The molecule has 0 amide bonds. The third-order valence-electron chi connectivity index (χ3n) is 9.21. The highest BCUT2D eigenvalue weighted by Crippen LogP contribution is 2.29. The number of aliphatic hydroxyl groups is 6. The molecule has 30 nitrogen and oxygen atoms in total. The number of hydrogen-bond acceptors (Lipinski definition) is 26. The number of nitrogens with one attached hydrogen (secondary N) is 4.